The van der Waals surface area contributed by atoms with Crippen LogP contribution in [0.3, 0.4) is 0 Å². The van der Waals surface area contributed by atoms with Crippen molar-refractivity contribution in [3.05, 3.63) is 0 Å². The molecule has 0 saturated heterocycles. The average Bonchev–Trinajstić information content (AvgIpc) is 2.46. The van der Waals surface area contributed by atoms with Crippen LogP contribution in [0.2, 0.25) is 0 Å². The molecule has 5 nitrogen and oxygen atoms in total. The molecule has 0 aromatic carbocycles. The number of anilines is 2. The molecule has 0 aliphatic heterocycles. The first-order valence-electron chi connectivity index (χ1n) is 4.50. The number of nitrogen functional groups attached to an aromatic ring is 1. The fourth-order valence-corrected chi connectivity index (χ4v) is 1.16. The quantitative estimate of drug-likeness (QED) is 0.763. The van der Waals surface area contributed by atoms with E-state index in [9.17, 15) is 0 Å². The van der Waals surface area contributed by atoms with Crippen LogP contribution in [-0.2, 0) is 0 Å². The van der Waals surface area contributed by atoms with E-state index in [4.69, 9.17) is 10.2 Å². The maximum Gasteiger partial charge on any atom is 0.319 e. The molecule has 13 heavy (non-hydrogen) atoms. The molecule has 0 saturated carbocycles. The summed E-state index contributed by atoms with van der Waals surface area (Å²) in [5, 5.41) is 7.46. The van der Waals surface area contributed by atoms with Gasteiger partial charge in [0.15, 0.2) is 0 Å². The van der Waals surface area contributed by atoms with Crippen LogP contribution < -0.4 is 10.6 Å². The molecule has 0 unspecified atom stereocenters. The Kier molecular flexibility index (Phi) is 3.11. The van der Waals surface area contributed by atoms with Crippen LogP contribution in [0.15, 0.2) is 4.42 Å². The molecule has 0 aliphatic rings. The van der Waals surface area contributed by atoms with E-state index < -0.39 is 0 Å². The molecule has 0 radical (unpaired) electrons. The van der Waals surface area contributed by atoms with Crippen LogP contribution >= 0.6 is 0 Å². The maximum absolute atomic E-state index is 5.35. The smallest absolute Gasteiger partial charge is 0.319 e. The summed E-state index contributed by atoms with van der Waals surface area (Å²) in [6.07, 6.45) is 1.04. The highest BCUT2D eigenvalue weighted by molar-refractivity contribution is 5.28. The lowest BCUT2D eigenvalue weighted by atomic mass is 10.3. The van der Waals surface area contributed by atoms with Crippen LogP contribution in [-0.4, -0.2) is 22.8 Å². The summed E-state index contributed by atoms with van der Waals surface area (Å²) in [7, 11) is 0. The number of aromatic nitrogens is 2. The Hall–Kier alpha value is -1.26. The largest absolute Gasteiger partial charge is 0.390 e. The lowest BCUT2D eigenvalue weighted by molar-refractivity contribution is 0.521. The van der Waals surface area contributed by atoms with Crippen molar-refractivity contribution in [3.8, 4) is 0 Å². The zero-order valence-corrected chi connectivity index (χ0v) is 8.32. The second kappa shape index (κ2) is 4.11. The molecule has 0 aliphatic carbocycles. The van der Waals surface area contributed by atoms with Crippen molar-refractivity contribution >= 4 is 12.0 Å². The predicted molar refractivity (Wildman–Crippen MR) is 51.5 cm³/mol. The third kappa shape index (κ3) is 2.34. The van der Waals surface area contributed by atoms with Gasteiger partial charge in [-0.25, -0.2) is 0 Å². The highest BCUT2D eigenvalue weighted by Gasteiger charge is 2.15. The molecule has 74 valence electrons. The molecular formula is C8H16N4O. The minimum Gasteiger partial charge on any atom is -0.390 e. The van der Waals surface area contributed by atoms with Gasteiger partial charge < -0.3 is 15.1 Å². The lowest BCUT2D eigenvalue weighted by Crippen LogP contribution is -2.31. The Morgan fingerprint density at radius 2 is 2.15 bits per heavy atom. The molecular weight excluding hydrogens is 168 g/mol. The van der Waals surface area contributed by atoms with E-state index in [1.807, 2.05) is 4.90 Å². The molecule has 0 amide bonds. The van der Waals surface area contributed by atoms with Gasteiger partial charge in [-0.05, 0) is 20.3 Å². The van der Waals surface area contributed by atoms with Crippen LogP contribution in [0.5, 0.6) is 0 Å². The molecule has 0 fully saturated rings. The van der Waals surface area contributed by atoms with E-state index in [1.165, 1.54) is 0 Å². The zero-order chi connectivity index (χ0) is 9.84. The number of rotatable bonds is 4. The van der Waals surface area contributed by atoms with Crippen molar-refractivity contribution in [2.45, 2.75) is 33.2 Å². The molecule has 1 heterocycles. The topological polar surface area (TPSA) is 68.2 Å². The highest BCUT2D eigenvalue weighted by atomic mass is 16.4. The van der Waals surface area contributed by atoms with Gasteiger partial charge in [0, 0.05) is 12.6 Å². The van der Waals surface area contributed by atoms with E-state index in [0.29, 0.717) is 12.1 Å². The molecule has 0 spiro atoms. The molecule has 1 aromatic rings. The molecule has 0 bridgehead atoms. The Bertz CT molecular complexity index is 258. The van der Waals surface area contributed by atoms with Crippen molar-refractivity contribution < 1.29 is 4.42 Å². The van der Waals surface area contributed by atoms with Gasteiger partial charge in [-0.15, -0.1) is 0 Å². The van der Waals surface area contributed by atoms with Gasteiger partial charge in [0.25, 0.3) is 0 Å². The summed E-state index contributed by atoms with van der Waals surface area (Å²) >= 11 is 0. The van der Waals surface area contributed by atoms with Crippen molar-refractivity contribution in [2.24, 2.45) is 0 Å². The summed E-state index contributed by atoms with van der Waals surface area (Å²) in [5.41, 5.74) is 5.35. The van der Waals surface area contributed by atoms with Gasteiger partial charge >= 0.3 is 12.0 Å². The second-order valence-corrected chi connectivity index (χ2v) is 3.21. The standard InChI is InChI=1S/C8H16N4O/c1-4-5-12(6(2)3)8-11-10-7(9)13-8/h6H,4-5H2,1-3H3,(H2,9,10). The van der Waals surface area contributed by atoms with Crippen LogP contribution in [0.1, 0.15) is 27.2 Å². The first-order valence-corrected chi connectivity index (χ1v) is 4.50. The molecule has 1 rings (SSSR count). The van der Waals surface area contributed by atoms with Gasteiger partial charge in [0.1, 0.15) is 0 Å². The van der Waals surface area contributed by atoms with Crippen molar-refractivity contribution in [1.82, 2.24) is 10.2 Å². The minimum absolute atomic E-state index is 0.122. The summed E-state index contributed by atoms with van der Waals surface area (Å²) in [6, 6.07) is 0.978. The number of nitrogens with zero attached hydrogens (tertiary/aromatic N) is 3. The molecule has 5 heteroatoms. The number of hydrogen-bond acceptors (Lipinski definition) is 5. The zero-order valence-electron chi connectivity index (χ0n) is 8.32. The van der Waals surface area contributed by atoms with Gasteiger partial charge in [-0.1, -0.05) is 17.1 Å². The number of nitrogens with two attached hydrogens (primary N) is 1. The summed E-state index contributed by atoms with van der Waals surface area (Å²) in [5.74, 6) is 0. The van der Waals surface area contributed by atoms with E-state index in [0.717, 1.165) is 13.0 Å². The molecule has 2 N–H and O–H groups in total. The highest BCUT2D eigenvalue weighted by Crippen LogP contribution is 2.16. The Balaban J connectivity index is 2.75. The van der Waals surface area contributed by atoms with Crippen molar-refractivity contribution in [1.29, 1.82) is 0 Å². The van der Waals surface area contributed by atoms with Gasteiger partial charge in [0.2, 0.25) is 0 Å². The maximum atomic E-state index is 5.35. The van der Waals surface area contributed by atoms with Gasteiger partial charge in [0.05, 0.1) is 0 Å². The first-order chi connectivity index (χ1) is 6.15. The third-order valence-electron chi connectivity index (χ3n) is 1.76. The summed E-state index contributed by atoms with van der Waals surface area (Å²) in [4.78, 5) is 2.03. The molecule has 0 atom stereocenters. The monoisotopic (exact) mass is 184 g/mol. The normalized spacial score (nSPS) is 10.8. The van der Waals surface area contributed by atoms with Crippen molar-refractivity contribution in [2.75, 3.05) is 17.2 Å². The van der Waals surface area contributed by atoms with Crippen LogP contribution in [0, 0.1) is 0 Å². The Morgan fingerprint density at radius 1 is 1.46 bits per heavy atom. The first kappa shape index (κ1) is 9.83. The van der Waals surface area contributed by atoms with E-state index in [1.54, 1.807) is 0 Å². The summed E-state index contributed by atoms with van der Waals surface area (Å²) < 4.78 is 5.14. The van der Waals surface area contributed by atoms with E-state index >= 15 is 0 Å². The van der Waals surface area contributed by atoms with Crippen LogP contribution in [0.25, 0.3) is 0 Å². The average molecular weight is 184 g/mol. The third-order valence-corrected chi connectivity index (χ3v) is 1.76. The van der Waals surface area contributed by atoms with Crippen molar-refractivity contribution in [3.63, 3.8) is 0 Å². The Labute approximate surface area is 77.9 Å². The minimum atomic E-state index is 0.122. The fraction of sp³-hybridized carbons (Fsp3) is 0.750. The predicted octanol–water partition coefficient (Wildman–Crippen LogP) is 1.28. The number of hydrogen-bond donors (Lipinski definition) is 1. The van der Waals surface area contributed by atoms with Gasteiger partial charge in [-0.3, -0.25) is 0 Å². The second-order valence-electron chi connectivity index (χ2n) is 3.21. The SMILES string of the molecule is CCCN(c1nnc(N)o1)C(C)C. The van der Waals surface area contributed by atoms with Gasteiger partial charge in [-0.2, -0.15) is 0 Å². The summed E-state index contributed by atoms with van der Waals surface area (Å²) in [6.45, 7) is 7.17. The van der Waals surface area contributed by atoms with E-state index in [2.05, 4.69) is 31.0 Å². The Morgan fingerprint density at radius 3 is 2.54 bits per heavy atom. The molecule has 1 aromatic heterocycles. The fourth-order valence-electron chi connectivity index (χ4n) is 1.16. The van der Waals surface area contributed by atoms with E-state index in [-0.39, 0.29) is 6.01 Å². The van der Waals surface area contributed by atoms with Crippen LogP contribution in [0.4, 0.5) is 12.0 Å². The lowest BCUT2D eigenvalue weighted by Gasteiger charge is -2.23.